The zero-order valence-electron chi connectivity index (χ0n) is 17.8. The summed E-state index contributed by atoms with van der Waals surface area (Å²) in [4.78, 5) is 20.5. The summed E-state index contributed by atoms with van der Waals surface area (Å²) in [5.41, 5.74) is 3.73. The second kappa shape index (κ2) is 6.09. The van der Waals surface area contributed by atoms with Crippen molar-refractivity contribution >= 4 is 11.6 Å². The predicted molar refractivity (Wildman–Crippen MR) is 115 cm³/mol. The lowest BCUT2D eigenvalue weighted by Crippen LogP contribution is -2.43. The molecule has 2 aromatic rings. The second-order valence-electron chi connectivity index (χ2n) is 11.3. The van der Waals surface area contributed by atoms with Gasteiger partial charge in [-0.1, -0.05) is 6.07 Å². The molecule has 0 radical (unpaired) electrons. The molecule has 30 heavy (non-hydrogen) atoms. The topological polar surface area (TPSA) is 49.6 Å². The number of fused-ring (bicyclic) bond motifs is 3. The minimum Gasteiger partial charge on any atom is -0.350 e. The zero-order chi connectivity index (χ0) is 19.9. The molecule has 3 heterocycles. The highest BCUT2D eigenvalue weighted by Crippen LogP contribution is 2.78. The number of likely N-dealkylation sites (tertiary alicyclic amines) is 1. The first kappa shape index (κ1) is 17.8. The van der Waals surface area contributed by atoms with Crippen molar-refractivity contribution in [3.63, 3.8) is 0 Å². The Labute approximate surface area is 178 Å². The van der Waals surface area contributed by atoms with E-state index in [9.17, 15) is 4.79 Å². The van der Waals surface area contributed by atoms with Gasteiger partial charge in [0.15, 0.2) is 0 Å². The van der Waals surface area contributed by atoms with Crippen LogP contribution in [0.1, 0.15) is 67.5 Å². The van der Waals surface area contributed by atoms with Crippen molar-refractivity contribution in [1.29, 1.82) is 0 Å². The van der Waals surface area contributed by atoms with Crippen molar-refractivity contribution < 1.29 is 4.79 Å². The van der Waals surface area contributed by atoms with Crippen LogP contribution < -0.4 is 5.32 Å². The van der Waals surface area contributed by atoms with Crippen molar-refractivity contribution in [1.82, 2.24) is 19.6 Å². The van der Waals surface area contributed by atoms with Crippen LogP contribution in [0, 0.1) is 28.6 Å². The number of pyridine rings is 1. The van der Waals surface area contributed by atoms with Gasteiger partial charge in [0.05, 0.1) is 5.69 Å². The van der Waals surface area contributed by atoms with Gasteiger partial charge in [0.25, 0.3) is 5.91 Å². The van der Waals surface area contributed by atoms with Crippen LogP contribution in [-0.2, 0) is 6.54 Å². The molecule has 1 aliphatic heterocycles. The first-order chi connectivity index (χ1) is 14.6. The van der Waals surface area contributed by atoms with Crippen molar-refractivity contribution in [2.45, 2.75) is 57.9 Å². The number of hydrogen-bond donors (Lipinski definition) is 1. The van der Waals surface area contributed by atoms with E-state index in [4.69, 9.17) is 4.98 Å². The molecular formula is C25H32N4O. The number of carbonyl (C=O) groups is 1. The highest BCUT2D eigenvalue weighted by molar-refractivity contribution is 5.93. The first-order valence-corrected chi connectivity index (χ1v) is 12.1. The summed E-state index contributed by atoms with van der Waals surface area (Å²) >= 11 is 0. The van der Waals surface area contributed by atoms with E-state index in [-0.39, 0.29) is 5.91 Å². The Bertz CT molecular complexity index is 1020. The molecule has 1 amide bonds. The van der Waals surface area contributed by atoms with E-state index in [1.807, 2.05) is 22.6 Å². The summed E-state index contributed by atoms with van der Waals surface area (Å²) in [6.07, 6.45) is 13.2. The normalized spacial score (nSPS) is 38.9. The average Bonchev–Trinajstić information content (AvgIpc) is 3.46. The lowest BCUT2D eigenvalue weighted by Gasteiger charge is -2.49. The number of nitrogens with zero attached hydrogens (tertiary/aromatic N) is 3. The van der Waals surface area contributed by atoms with Gasteiger partial charge in [-0.15, -0.1) is 0 Å². The fraction of sp³-hybridized carbons (Fsp3) is 0.680. The Morgan fingerprint density at radius 2 is 2.03 bits per heavy atom. The maximum atomic E-state index is 13.2. The summed E-state index contributed by atoms with van der Waals surface area (Å²) in [6, 6.07) is 5.92. The van der Waals surface area contributed by atoms with Crippen LogP contribution in [0.15, 0.2) is 24.4 Å². The van der Waals surface area contributed by atoms with Gasteiger partial charge >= 0.3 is 0 Å². The van der Waals surface area contributed by atoms with Gasteiger partial charge in [-0.05, 0) is 105 Å². The zero-order valence-corrected chi connectivity index (χ0v) is 17.8. The molecule has 158 valence electrons. The van der Waals surface area contributed by atoms with E-state index in [2.05, 4.69) is 16.4 Å². The highest BCUT2D eigenvalue weighted by atomic mass is 16.1. The fourth-order valence-corrected chi connectivity index (χ4v) is 8.59. The number of nitrogens with one attached hydrogen (secondary N) is 1. The summed E-state index contributed by atoms with van der Waals surface area (Å²) < 4.78 is 2.00. The van der Waals surface area contributed by atoms with Gasteiger partial charge in [-0.3, -0.25) is 14.1 Å². The number of aromatic nitrogens is 2. The minimum absolute atomic E-state index is 0.0614. The summed E-state index contributed by atoms with van der Waals surface area (Å²) in [5, 5.41) is 3.37. The number of amides is 1. The number of carbonyl (C=O) groups excluding carboxylic acids is 1. The van der Waals surface area contributed by atoms with E-state index in [0.29, 0.717) is 10.8 Å². The van der Waals surface area contributed by atoms with Crippen LogP contribution in [-0.4, -0.2) is 39.8 Å². The van der Waals surface area contributed by atoms with Gasteiger partial charge in [0.1, 0.15) is 11.3 Å². The highest BCUT2D eigenvalue weighted by Gasteiger charge is 2.70. The molecule has 1 N–H and O–H groups in total. The van der Waals surface area contributed by atoms with Gasteiger partial charge in [0, 0.05) is 19.3 Å². The number of imidazole rings is 1. The predicted octanol–water partition coefficient (Wildman–Crippen LogP) is 3.88. The lowest BCUT2D eigenvalue weighted by atomic mass is 9.55. The Kier molecular flexibility index (Phi) is 3.61. The van der Waals surface area contributed by atoms with Crippen LogP contribution in [0.25, 0.3) is 5.65 Å². The number of hydrogen-bond acceptors (Lipinski definition) is 3. The summed E-state index contributed by atoms with van der Waals surface area (Å²) in [7, 11) is 0. The molecule has 5 heteroatoms. The molecule has 0 aromatic carbocycles. The minimum atomic E-state index is 0.0614. The molecule has 7 rings (SSSR count). The molecule has 5 unspecified atom stereocenters. The van der Waals surface area contributed by atoms with Crippen LogP contribution in [0.5, 0.6) is 0 Å². The molecule has 4 saturated carbocycles. The monoisotopic (exact) mass is 404 g/mol. The Morgan fingerprint density at radius 3 is 2.93 bits per heavy atom. The summed E-state index contributed by atoms with van der Waals surface area (Å²) in [5.74, 6) is 2.96. The maximum absolute atomic E-state index is 13.2. The van der Waals surface area contributed by atoms with E-state index >= 15 is 0 Å². The maximum Gasteiger partial charge on any atom is 0.268 e. The van der Waals surface area contributed by atoms with Crippen molar-refractivity contribution in [3.05, 3.63) is 35.8 Å². The van der Waals surface area contributed by atoms with E-state index in [0.717, 1.165) is 61.0 Å². The van der Waals surface area contributed by atoms with E-state index in [1.54, 1.807) is 0 Å². The molecule has 5 fully saturated rings. The van der Waals surface area contributed by atoms with Crippen molar-refractivity contribution in [2.75, 3.05) is 19.6 Å². The Hall–Kier alpha value is -1.88. The molecule has 2 aromatic heterocycles. The fourth-order valence-electron chi connectivity index (χ4n) is 8.59. The van der Waals surface area contributed by atoms with Gasteiger partial charge in [-0.25, -0.2) is 4.98 Å². The van der Waals surface area contributed by atoms with Crippen LogP contribution in [0.3, 0.4) is 0 Å². The van der Waals surface area contributed by atoms with Crippen LogP contribution in [0.4, 0.5) is 0 Å². The Morgan fingerprint density at radius 1 is 1.13 bits per heavy atom. The lowest BCUT2D eigenvalue weighted by molar-refractivity contribution is -0.00254. The molecule has 5 nitrogen and oxygen atoms in total. The van der Waals surface area contributed by atoms with Gasteiger partial charge < -0.3 is 5.32 Å². The SMILES string of the molecule is O=C(NCC12CC3CC4CC(C1)C4(C3)C2)c1cccc2nc(CN3CCCC3)cn12. The molecule has 5 aliphatic rings. The standard InChI is InChI=1S/C25H32N4O/c30-23(26-16-24-10-17-8-18-9-19(12-24)25(18,11-17)15-24)21-4-3-5-22-27-20(14-29(21)22)13-28-6-1-2-7-28/h3-5,14,17-19H,1-2,6-13,15-16H2,(H,26,30). The summed E-state index contributed by atoms with van der Waals surface area (Å²) in [6.45, 7) is 4.07. The van der Waals surface area contributed by atoms with E-state index < -0.39 is 0 Å². The molecular weight excluding hydrogens is 372 g/mol. The third-order valence-corrected chi connectivity index (χ3v) is 9.57. The average molecular weight is 405 g/mol. The van der Waals surface area contributed by atoms with Crippen LogP contribution >= 0.6 is 0 Å². The third-order valence-electron chi connectivity index (χ3n) is 9.57. The molecule has 1 spiro atoms. The molecule has 3 bridgehead atoms. The second-order valence-corrected chi connectivity index (χ2v) is 11.3. The smallest absolute Gasteiger partial charge is 0.268 e. The quantitative estimate of drug-likeness (QED) is 0.823. The molecule has 5 atom stereocenters. The van der Waals surface area contributed by atoms with Crippen molar-refractivity contribution in [2.24, 2.45) is 28.6 Å². The van der Waals surface area contributed by atoms with Crippen molar-refractivity contribution in [3.8, 4) is 0 Å². The Balaban J connectivity index is 1.10. The number of rotatable bonds is 5. The van der Waals surface area contributed by atoms with Crippen LogP contribution in [0.2, 0.25) is 0 Å². The largest absolute Gasteiger partial charge is 0.350 e. The van der Waals surface area contributed by atoms with E-state index in [1.165, 1.54) is 51.4 Å². The molecule has 4 aliphatic carbocycles. The molecule has 1 saturated heterocycles. The third kappa shape index (κ3) is 2.44. The van der Waals surface area contributed by atoms with Gasteiger partial charge in [-0.2, -0.15) is 0 Å². The first-order valence-electron chi connectivity index (χ1n) is 12.1. The van der Waals surface area contributed by atoms with Gasteiger partial charge in [0.2, 0.25) is 0 Å².